The number of urea groups is 1. The van der Waals surface area contributed by atoms with Gasteiger partial charge in [0.15, 0.2) is 0 Å². The Morgan fingerprint density at radius 1 is 0.952 bits per heavy atom. The average molecular weight is 303 g/mol. The predicted molar refractivity (Wildman–Crippen MR) is 87.9 cm³/mol. The molecule has 0 saturated heterocycles. The van der Waals surface area contributed by atoms with Crippen molar-refractivity contribution in [2.75, 3.05) is 11.9 Å². The van der Waals surface area contributed by atoms with Gasteiger partial charge in [-0.25, -0.2) is 4.79 Å². The van der Waals surface area contributed by atoms with Gasteiger partial charge in [0.05, 0.1) is 0 Å². The highest BCUT2D eigenvalue weighted by Crippen LogP contribution is 2.13. The first-order valence-corrected chi connectivity index (χ1v) is 7.46. The highest BCUT2D eigenvalue weighted by Gasteiger charge is 2.00. The van der Waals surface area contributed by atoms with Crippen molar-refractivity contribution in [3.63, 3.8) is 0 Å². The Morgan fingerprint density at radius 2 is 1.67 bits per heavy atom. The van der Waals surface area contributed by atoms with Crippen LogP contribution in [0.5, 0.6) is 0 Å². The fraction of sp³-hybridized carbons (Fsp3) is 0.235. The number of carbonyl (C=O) groups excluding carboxylic acids is 1. The summed E-state index contributed by atoms with van der Waals surface area (Å²) in [7, 11) is 0. The van der Waals surface area contributed by atoms with Gasteiger partial charge in [-0.05, 0) is 49.1 Å². The molecule has 0 aromatic heterocycles. The summed E-state index contributed by atoms with van der Waals surface area (Å²) in [6.07, 6.45) is 3.06. The lowest BCUT2D eigenvalue weighted by Gasteiger charge is -2.07. The van der Waals surface area contributed by atoms with Gasteiger partial charge in [-0.15, -0.1) is 0 Å². The number of amides is 2. The minimum atomic E-state index is -0.183. The lowest BCUT2D eigenvalue weighted by Crippen LogP contribution is -2.29. The van der Waals surface area contributed by atoms with Crippen LogP contribution in [-0.4, -0.2) is 12.6 Å². The van der Waals surface area contributed by atoms with Gasteiger partial charge in [0.2, 0.25) is 0 Å². The van der Waals surface area contributed by atoms with Crippen molar-refractivity contribution in [2.45, 2.75) is 19.3 Å². The van der Waals surface area contributed by atoms with Crippen LogP contribution in [0.25, 0.3) is 0 Å². The molecular weight excluding hydrogens is 284 g/mol. The second-order valence-electron chi connectivity index (χ2n) is 4.83. The molecule has 3 nitrogen and oxygen atoms in total. The molecule has 2 aromatic rings. The van der Waals surface area contributed by atoms with Crippen molar-refractivity contribution in [1.82, 2.24) is 5.32 Å². The van der Waals surface area contributed by atoms with Crippen LogP contribution in [0.3, 0.4) is 0 Å². The van der Waals surface area contributed by atoms with E-state index in [1.165, 1.54) is 5.56 Å². The van der Waals surface area contributed by atoms with E-state index in [0.717, 1.165) is 24.9 Å². The Hall–Kier alpha value is -2.00. The maximum absolute atomic E-state index is 11.7. The number of benzene rings is 2. The Bertz CT molecular complexity index is 555. The molecule has 110 valence electrons. The second-order valence-corrected chi connectivity index (χ2v) is 5.27. The zero-order valence-electron chi connectivity index (χ0n) is 11.8. The van der Waals surface area contributed by atoms with E-state index in [2.05, 4.69) is 22.8 Å². The topological polar surface area (TPSA) is 41.1 Å². The molecule has 0 spiro atoms. The van der Waals surface area contributed by atoms with E-state index in [1.807, 2.05) is 18.2 Å². The zero-order chi connectivity index (χ0) is 14.9. The van der Waals surface area contributed by atoms with Crippen LogP contribution in [0, 0.1) is 0 Å². The summed E-state index contributed by atoms with van der Waals surface area (Å²) < 4.78 is 0. The Kier molecular flexibility index (Phi) is 6.10. The fourth-order valence-corrected chi connectivity index (χ4v) is 2.14. The van der Waals surface area contributed by atoms with Crippen molar-refractivity contribution >= 4 is 23.3 Å². The molecule has 0 radical (unpaired) electrons. The average Bonchev–Trinajstić information content (AvgIpc) is 2.50. The molecule has 0 aliphatic heterocycles. The molecule has 2 N–H and O–H groups in total. The molecule has 0 bridgehead atoms. The molecule has 2 aromatic carbocycles. The van der Waals surface area contributed by atoms with Crippen LogP contribution >= 0.6 is 11.6 Å². The third-order valence-corrected chi connectivity index (χ3v) is 3.37. The Balaban J connectivity index is 1.60. The van der Waals surface area contributed by atoms with E-state index in [0.29, 0.717) is 11.6 Å². The van der Waals surface area contributed by atoms with Gasteiger partial charge in [-0.1, -0.05) is 41.9 Å². The standard InChI is InChI=1S/C17H19ClN2O/c18-15-9-11-16(12-10-15)20-17(21)19-13-5-4-8-14-6-2-1-3-7-14/h1-3,6-7,9-12H,4-5,8,13H2,(H2,19,20,21). The smallest absolute Gasteiger partial charge is 0.319 e. The van der Waals surface area contributed by atoms with E-state index < -0.39 is 0 Å². The summed E-state index contributed by atoms with van der Waals surface area (Å²) >= 11 is 5.79. The third-order valence-electron chi connectivity index (χ3n) is 3.12. The summed E-state index contributed by atoms with van der Waals surface area (Å²) in [5.74, 6) is 0. The van der Waals surface area contributed by atoms with Crippen molar-refractivity contribution in [3.05, 3.63) is 65.2 Å². The molecular formula is C17H19ClN2O. The summed E-state index contributed by atoms with van der Waals surface area (Å²) in [4.78, 5) is 11.7. The molecule has 0 atom stereocenters. The summed E-state index contributed by atoms with van der Waals surface area (Å²) in [5, 5.41) is 6.27. The number of hydrogen-bond donors (Lipinski definition) is 2. The van der Waals surface area contributed by atoms with Crippen molar-refractivity contribution < 1.29 is 4.79 Å². The number of hydrogen-bond acceptors (Lipinski definition) is 1. The molecule has 2 amide bonds. The minimum absolute atomic E-state index is 0.183. The second kappa shape index (κ2) is 8.32. The molecule has 0 heterocycles. The number of aryl methyl sites for hydroxylation is 1. The van der Waals surface area contributed by atoms with E-state index in [4.69, 9.17) is 11.6 Å². The van der Waals surface area contributed by atoms with E-state index in [9.17, 15) is 4.79 Å². The van der Waals surface area contributed by atoms with Crippen LogP contribution in [0.4, 0.5) is 10.5 Å². The number of carbonyl (C=O) groups is 1. The Morgan fingerprint density at radius 3 is 2.38 bits per heavy atom. The van der Waals surface area contributed by atoms with Gasteiger partial charge in [0.1, 0.15) is 0 Å². The van der Waals surface area contributed by atoms with Gasteiger partial charge >= 0.3 is 6.03 Å². The Labute approximate surface area is 130 Å². The fourth-order valence-electron chi connectivity index (χ4n) is 2.01. The molecule has 21 heavy (non-hydrogen) atoms. The quantitative estimate of drug-likeness (QED) is 0.759. The van der Waals surface area contributed by atoms with E-state index >= 15 is 0 Å². The van der Waals surface area contributed by atoms with Gasteiger partial charge < -0.3 is 10.6 Å². The molecule has 0 unspecified atom stereocenters. The third kappa shape index (κ3) is 5.88. The van der Waals surface area contributed by atoms with Crippen LogP contribution in [0.2, 0.25) is 5.02 Å². The maximum atomic E-state index is 11.7. The van der Waals surface area contributed by atoms with Gasteiger partial charge in [0, 0.05) is 17.3 Å². The molecule has 4 heteroatoms. The van der Waals surface area contributed by atoms with Crippen molar-refractivity contribution in [3.8, 4) is 0 Å². The number of rotatable bonds is 6. The first-order chi connectivity index (χ1) is 10.2. The lowest BCUT2D eigenvalue weighted by molar-refractivity contribution is 0.252. The molecule has 0 aliphatic rings. The monoisotopic (exact) mass is 302 g/mol. The van der Waals surface area contributed by atoms with Gasteiger partial charge in [0.25, 0.3) is 0 Å². The number of anilines is 1. The normalized spacial score (nSPS) is 10.1. The minimum Gasteiger partial charge on any atom is -0.338 e. The van der Waals surface area contributed by atoms with E-state index in [-0.39, 0.29) is 6.03 Å². The largest absolute Gasteiger partial charge is 0.338 e. The van der Waals surface area contributed by atoms with Crippen molar-refractivity contribution in [1.29, 1.82) is 0 Å². The highest BCUT2D eigenvalue weighted by atomic mass is 35.5. The van der Waals surface area contributed by atoms with Gasteiger partial charge in [-0.3, -0.25) is 0 Å². The first-order valence-electron chi connectivity index (χ1n) is 7.08. The summed E-state index contributed by atoms with van der Waals surface area (Å²) in [6, 6.07) is 17.2. The zero-order valence-corrected chi connectivity index (χ0v) is 12.6. The van der Waals surface area contributed by atoms with Crippen LogP contribution in [0.15, 0.2) is 54.6 Å². The molecule has 2 rings (SSSR count). The SMILES string of the molecule is O=C(NCCCCc1ccccc1)Nc1ccc(Cl)cc1. The predicted octanol–water partition coefficient (Wildman–Crippen LogP) is 4.48. The lowest BCUT2D eigenvalue weighted by atomic mass is 10.1. The van der Waals surface area contributed by atoms with Crippen LogP contribution in [0.1, 0.15) is 18.4 Å². The summed E-state index contributed by atoms with van der Waals surface area (Å²) in [5.41, 5.74) is 2.07. The van der Waals surface area contributed by atoms with Crippen LogP contribution in [-0.2, 0) is 6.42 Å². The number of halogens is 1. The van der Waals surface area contributed by atoms with Crippen molar-refractivity contribution in [2.24, 2.45) is 0 Å². The van der Waals surface area contributed by atoms with Crippen LogP contribution < -0.4 is 10.6 Å². The molecule has 0 saturated carbocycles. The summed E-state index contributed by atoms with van der Waals surface area (Å²) in [6.45, 7) is 0.673. The van der Waals surface area contributed by atoms with Gasteiger partial charge in [-0.2, -0.15) is 0 Å². The highest BCUT2D eigenvalue weighted by molar-refractivity contribution is 6.30. The van der Waals surface area contributed by atoms with E-state index in [1.54, 1.807) is 24.3 Å². The first kappa shape index (κ1) is 15.4. The number of nitrogens with one attached hydrogen (secondary N) is 2. The molecule has 0 fully saturated rings. The number of unbranched alkanes of at least 4 members (excludes halogenated alkanes) is 1. The maximum Gasteiger partial charge on any atom is 0.319 e. The molecule has 0 aliphatic carbocycles.